The lowest BCUT2D eigenvalue weighted by atomic mass is 10.1. The zero-order valence-corrected chi connectivity index (χ0v) is 11.5. The van der Waals surface area contributed by atoms with Crippen LogP contribution in [0.4, 0.5) is 5.69 Å². The van der Waals surface area contributed by atoms with Gasteiger partial charge in [0, 0.05) is 16.6 Å². The Morgan fingerprint density at radius 1 is 1.50 bits per heavy atom. The summed E-state index contributed by atoms with van der Waals surface area (Å²) in [5.41, 5.74) is 6.32. The van der Waals surface area contributed by atoms with Crippen LogP contribution in [0.2, 0.25) is 0 Å². The van der Waals surface area contributed by atoms with Crippen molar-refractivity contribution >= 4 is 23.4 Å². The maximum Gasteiger partial charge on any atom is 0.227 e. The van der Waals surface area contributed by atoms with E-state index in [9.17, 15) is 4.79 Å². The fraction of sp³-hybridized carbons (Fsp3) is 0.500. The van der Waals surface area contributed by atoms with Crippen LogP contribution in [0.15, 0.2) is 29.2 Å². The average Bonchev–Trinajstić information content (AvgIpc) is 3.18. The molecule has 0 bridgehead atoms. The molecule has 98 valence electrons. The van der Waals surface area contributed by atoms with E-state index in [2.05, 4.69) is 18.3 Å². The number of thioether (sulfide) groups is 1. The van der Waals surface area contributed by atoms with Gasteiger partial charge in [-0.2, -0.15) is 0 Å². The van der Waals surface area contributed by atoms with E-state index >= 15 is 0 Å². The lowest BCUT2D eigenvalue weighted by Crippen LogP contribution is -2.21. The topological polar surface area (TPSA) is 55.1 Å². The van der Waals surface area contributed by atoms with Crippen molar-refractivity contribution in [2.45, 2.75) is 37.1 Å². The number of rotatable bonds is 7. The van der Waals surface area contributed by atoms with Gasteiger partial charge in [-0.1, -0.05) is 19.1 Å². The zero-order valence-electron chi connectivity index (χ0n) is 10.7. The quantitative estimate of drug-likeness (QED) is 0.745. The second kappa shape index (κ2) is 6.14. The molecule has 1 aliphatic rings. The smallest absolute Gasteiger partial charge is 0.227 e. The standard InChI is InChI=1S/C14H20N2OS/c1-2-11(10-7-8-10)16-12-5-3-4-6-13(12)18-9-14(15)17/h3-6,10-11,16H,2,7-9H2,1H3,(H2,15,17). The summed E-state index contributed by atoms with van der Waals surface area (Å²) in [5, 5.41) is 3.61. The monoisotopic (exact) mass is 264 g/mol. The summed E-state index contributed by atoms with van der Waals surface area (Å²) >= 11 is 1.50. The van der Waals surface area contributed by atoms with E-state index in [0.717, 1.165) is 22.9 Å². The zero-order chi connectivity index (χ0) is 13.0. The van der Waals surface area contributed by atoms with Crippen LogP contribution < -0.4 is 11.1 Å². The van der Waals surface area contributed by atoms with Crippen molar-refractivity contribution in [1.29, 1.82) is 0 Å². The van der Waals surface area contributed by atoms with E-state index in [0.29, 0.717) is 11.8 Å². The summed E-state index contributed by atoms with van der Waals surface area (Å²) < 4.78 is 0. The fourth-order valence-corrected chi connectivity index (χ4v) is 2.87. The number of benzene rings is 1. The second-order valence-electron chi connectivity index (χ2n) is 4.75. The van der Waals surface area contributed by atoms with Gasteiger partial charge in [-0.25, -0.2) is 0 Å². The van der Waals surface area contributed by atoms with E-state index in [1.807, 2.05) is 18.2 Å². The fourth-order valence-electron chi connectivity index (χ4n) is 2.11. The first-order valence-electron chi connectivity index (χ1n) is 6.47. The predicted octanol–water partition coefficient (Wildman–Crippen LogP) is 2.86. The van der Waals surface area contributed by atoms with Crippen molar-refractivity contribution in [2.24, 2.45) is 11.7 Å². The van der Waals surface area contributed by atoms with Crippen LogP contribution in [0.3, 0.4) is 0 Å². The number of anilines is 1. The Morgan fingerprint density at radius 2 is 2.22 bits per heavy atom. The van der Waals surface area contributed by atoms with Crippen molar-refractivity contribution in [2.75, 3.05) is 11.1 Å². The van der Waals surface area contributed by atoms with Gasteiger partial charge in [0.2, 0.25) is 5.91 Å². The van der Waals surface area contributed by atoms with Gasteiger partial charge in [0.25, 0.3) is 0 Å². The third-order valence-corrected chi connectivity index (χ3v) is 4.32. The number of carbonyl (C=O) groups excluding carboxylic acids is 1. The van der Waals surface area contributed by atoms with Crippen LogP contribution in [0.25, 0.3) is 0 Å². The summed E-state index contributed by atoms with van der Waals surface area (Å²) in [6.45, 7) is 2.22. The van der Waals surface area contributed by atoms with Gasteiger partial charge in [-0.3, -0.25) is 4.79 Å². The molecule has 0 radical (unpaired) electrons. The van der Waals surface area contributed by atoms with Crippen LogP contribution in [0, 0.1) is 5.92 Å². The Kier molecular flexibility index (Phi) is 4.53. The highest BCUT2D eigenvalue weighted by molar-refractivity contribution is 8.00. The summed E-state index contributed by atoms with van der Waals surface area (Å²) in [5.74, 6) is 0.882. The first kappa shape index (κ1) is 13.3. The molecule has 1 aromatic rings. The van der Waals surface area contributed by atoms with Gasteiger partial charge in [0.15, 0.2) is 0 Å². The minimum absolute atomic E-state index is 0.274. The summed E-state index contributed by atoms with van der Waals surface area (Å²) in [6, 6.07) is 8.69. The van der Waals surface area contributed by atoms with E-state index in [1.54, 1.807) is 0 Å². The van der Waals surface area contributed by atoms with Gasteiger partial charge < -0.3 is 11.1 Å². The highest BCUT2D eigenvalue weighted by Crippen LogP contribution is 2.37. The number of amides is 1. The Balaban J connectivity index is 2.03. The van der Waals surface area contributed by atoms with Crippen LogP contribution >= 0.6 is 11.8 Å². The first-order chi connectivity index (χ1) is 8.70. The van der Waals surface area contributed by atoms with Crippen LogP contribution in [0.1, 0.15) is 26.2 Å². The average molecular weight is 264 g/mol. The number of nitrogens with one attached hydrogen (secondary N) is 1. The summed E-state index contributed by atoms with van der Waals surface area (Å²) in [4.78, 5) is 12.0. The molecule has 0 aromatic heterocycles. The molecule has 1 fully saturated rings. The third kappa shape index (κ3) is 3.67. The molecule has 0 heterocycles. The Morgan fingerprint density at radius 3 is 2.83 bits per heavy atom. The van der Waals surface area contributed by atoms with E-state index in [4.69, 9.17) is 5.73 Å². The number of hydrogen-bond donors (Lipinski definition) is 2. The molecule has 0 aliphatic heterocycles. The number of hydrogen-bond acceptors (Lipinski definition) is 3. The SMILES string of the molecule is CCC(Nc1ccccc1SCC(N)=O)C1CC1. The normalized spacial score (nSPS) is 16.3. The molecule has 0 saturated heterocycles. The first-order valence-corrected chi connectivity index (χ1v) is 7.46. The Labute approximate surface area is 113 Å². The molecule has 3 nitrogen and oxygen atoms in total. The van der Waals surface area contributed by atoms with Gasteiger partial charge >= 0.3 is 0 Å². The second-order valence-corrected chi connectivity index (χ2v) is 5.76. The molecule has 1 saturated carbocycles. The lowest BCUT2D eigenvalue weighted by Gasteiger charge is -2.19. The molecule has 1 aliphatic carbocycles. The van der Waals surface area contributed by atoms with Crippen molar-refractivity contribution in [3.8, 4) is 0 Å². The molecule has 1 aromatic carbocycles. The van der Waals surface area contributed by atoms with Gasteiger partial charge in [-0.05, 0) is 37.3 Å². The molecule has 0 spiro atoms. The Hall–Kier alpha value is -1.16. The number of carbonyl (C=O) groups is 1. The maximum absolute atomic E-state index is 10.9. The van der Waals surface area contributed by atoms with E-state index < -0.39 is 0 Å². The number of primary amides is 1. The minimum atomic E-state index is -0.274. The molecule has 3 N–H and O–H groups in total. The highest BCUT2D eigenvalue weighted by atomic mass is 32.2. The summed E-state index contributed by atoms with van der Waals surface area (Å²) in [6.07, 6.45) is 3.81. The molecule has 18 heavy (non-hydrogen) atoms. The molecular formula is C14H20N2OS. The van der Waals surface area contributed by atoms with Crippen LogP contribution in [0.5, 0.6) is 0 Å². The largest absolute Gasteiger partial charge is 0.381 e. The van der Waals surface area contributed by atoms with Crippen molar-refractivity contribution < 1.29 is 4.79 Å². The van der Waals surface area contributed by atoms with Crippen molar-refractivity contribution in [3.63, 3.8) is 0 Å². The van der Waals surface area contributed by atoms with Crippen molar-refractivity contribution in [3.05, 3.63) is 24.3 Å². The predicted molar refractivity (Wildman–Crippen MR) is 76.8 cm³/mol. The molecule has 4 heteroatoms. The number of nitrogens with two attached hydrogens (primary N) is 1. The molecule has 2 rings (SSSR count). The third-order valence-electron chi connectivity index (χ3n) is 3.23. The van der Waals surface area contributed by atoms with Crippen LogP contribution in [-0.4, -0.2) is 17.7 Å². The molecule has 1 unspecified atom stereocenters. The molecule has 1 atom stereocenters. The van der Waals surface area contributed by atoms with E-state index in [1.165, 1.54) is 24.6 Å². The lowest BCUT2D eigenvalue weighted by molar-refractivity contribution is -0.115. The minimum Gasteiger partial charge on any atom is -0.381 e. The van der Waals surface area contributed by atoms with Gasteiger partial charge in [0.1, 0.15) is 0 Å². The van der Waals surface area contributed by atoms with Gasteiger partial charge in [0.05, 0.1) is 5.75 Å². The molecule has 1 amide bonds. The molecular weight excluding hydrogens is 244 g/mol. The van der Waals surface area contributed by atoms with Gasteiger partial charge in [-0.15, -0.1) is 11.8 Å². The number of para-hydroxylation sites is 1. The van der Waals surface area contributed by atoms with Crippen LogP contribution in [-0.2, 0) is 4.79 Å². The maximum atomic E-state index is 10.9. The van der Waals surface area contributed by atoms with E-state index in [-0.39, 0.29) is 5.91 Å². The highest BCUT2D eigenvalue weighted by Gasteiger charge is 2.30. The summed E-state index contributed by atoms with van der Waals surface area (Å²) in [7, 11) is 0. The Bertz CT molecular complexity index is 418. The van der Waals surface area contributed by atoms with Crippen molar-refractivity contribution in [1.82, 2.24) is 0 Å².